The zero-order valence-electron chi connectivity index (χ0n) is 13.5. The molecule has 0 unspecified atom stereocenters. The summed E-state index contributed by atoms with van der Waals surface area (Å²) in [5.41, 5.74) is 3.48. The SMILES string of the molecule is C1=CN(Oc2cccc3c2C[C@H]2NCC[C@@]34CCCC[C@@H]24)CS1. The molecule has 2 fully saturated rings. The second-order valence-corrected chi connectivity index (χ2v) is 8.26. The van der Waals surface area contributed by atoms with Crippen LogP contribution < -0.4 is 10.2 Å². The van der Waals surface area contributed by atoms with Gasteiger partial charge in [-0.2, -0.15) is 0 Å². The van der Waals surface area contributed by atoms with Crippen LogP contribution in [0.1, 0.15) is 43.2 Å². The molecule has 2 bridgehead atoms. The predicted molar refractivity (Wildman–Crippen MR) is 94.3 cm³/mol. The first-order valence-corrected chi connectivity index (χ1v) is 10.0. The zero-order chi connectivity index (χ0) is 15.3. The number of nitrogens with zero attached hydrogens (tertiary/aromatic N) is 1. The molecule has 4 heteroatoms. The van der Waals surface area contributed by atoms with E-state index in [9.17, 15) is 0 Å². The van der Waals surface area contributed by atoms with Crippen molar-refractivity contribution in [3.05, 3.63) is 40.9 Å². The molecule has 1 saturated heterocycles. The summed E-state index contributed by atoms with van der Waals surface area (Å²) in [7, 11) is 0. The van der Waals surface area contributed by atoms with Crippen molar-refractivity contribution in [3.8, 4) is 5.75 Å². The molecule has 1 N–H and O–H groups in total. The first-order valence-electron chi connectivity index (χ1n) is 8.95. The molecular weight excluding hydrogens is 304 g/mol. The van der Waals surface area contributed by atoms with Gasteiger partial charge in [0.25, 0.3) is 0 Å². The van der Waals surface area contributed by atoms with Crippen LogP contribution in [0.4, 0.5) is 0 Å². The van der Waals surface area contributed by atoms with Crippen LogP contribution in [0, 0.1) is 5.92 Å². The summed E-state index contributed by atoms with van der Waals surface area (Å²) in [5.74, 6) is 2.79. The smallest absolute Gasteiger partial charge is 0.158 e. The molecule has 1 aromatic rings. The standard InChI is InChI=1S/C19H24N2OS/c1-2-7-19-8-9-20-17(16(19)4-1)12-14-15(19)5-3-6-18(14)22-21-10-11-23-13-21/h3,5-6,10-11,16-17,20H,1-2,4,7-9,12-13H2/t16-,17+,19-/m0/s1. The first-order chi connectivity index (χ1) is 11.4. The van der Waals surface area contributed by atoms with Gasteiger partial charge in [-0.1, -0.05) is 25.0 Å². The molecule has 2 heterocycles. The number of thioether (sulfide) groups is 1. The van der Waals surface area contributed by atoms with Gasteiger partial charge in [-0.15, -0.1) is 11.8 Å². The van der Waals surface area contributed by atoms with Crippen molar-refractivity contribution in [1.29, 1.82) is 0 Å². The van der Waals surface area contributed by atoms with E-state index in [2.05, 4.69) is 28.9 Å². The molecule has 0 spiro atoms. The van der Waals surface area contributed by atoms with Crippen molar-refractivity contribution in [3.63, 3.8) is 0 Å². The van der Waals surface area contributed by atoms with Crippen LogP contribution in [0.5, 0.6) is 5.75 Å². The van der Waals surface area contributed by atoms with Gasteiger partial charge in [-0.3, -0.25) is 0 Å². The fourth-order valence-electron chi connectivity index (χ4n) is 5.47. The topological polar surface area (TPSA) is 24.5 Å². The Hall–Kier alpha value is -1.13. The lowest BCUT2D eigenvalue weighted by Crippen LogP contribution is -2.59. The van der Waals surface area contributed by atoms with Gasteiger partial charge >= 0.3 is 0 Å². The first kappa shape index (κ1) is 14.2. The van der Waals surface area contributed by atoms with E-state index in [0.717, 1.165) is 24.0 Å². The minimum Gasteiger partial charge on any atom is -0.379 e. The third-order valence-corrected chi connectivity index (χ3v) is 7.11. The lowest BCUT2D eigenvalue weighted by Gasteiger charge is -2.56. The molecule has 3 atom stereocenters. The quantitative estimate of drug-likeness (QED) is 0.892. The molecule has 1 aromatic carbocycles. The summed E-state index contributed by atoms with van der Waals surface area (Å²) in [4.78, 5) is 6.21. The second kappa shape index (κ2) is 5.45. The average Bonchev–Trinajstić information content (AvgIpc) is 3.09. The number of rotatable bonds is 2. The Morgan fingerprint density at radius 1 is 1.26 bits per heavy atom. The molecule has 1 saturated carbocycles. The number of nitrogens with one attached hydrogen (secondary N) is 1. The molecule has 0 amide bonds. The van der Waals surface area contributed by atoms with Crippen molar-refractivity contribution in [1.82, 2.24) is 10.4 Å². The lowest BCUT2D eigenvalue weighted by molar-refractivity contribution is 0.0125. The summed E-state index contributed by atoms with van der Waals surface area (Å²) < 4.78 is 0. The van der Waals surface area contributed by atoms with Gasteiger partial charge in [0.1, 0.15) is 5.88 Å². The molecule has 23 heavy (non-hydrogen) atoms. The van der Waals surface area contributed by atoms with Gasteiger partial charge in [0, 0.05) is 23.2 Å². The normalized spacial score (nSPS) is 34.9. The van der Waals surface area contributed by atoms with Crippen molar-refractivity contribution in [2.75, 3.05) is 12.4 Å². The summed E-state index contributed by atoms with van der Waals surface area (Å²) in [6.45, 7) is 1.18. The monoisotopic (exact) mass is 328 g/mol. The van der Waals surface area contributed by atoms with Gasteiger partial charge in [-0.05, 0) is 55.2 Å². The van der Waals surface area contributed by atoms with Gasteiger partial charge in [0.2, 0.25) is 0 Å². The maximum atomic E-state index is 6.21. The third-order valence-electron chi connectivity index (χ3n) is 6.40. The van der Waals surface area contributed by atoms with E-state index < -0.39 is 0 Å². The van der Waals surface area contributed by atoms with Crippen LogP contribution in [-0.2, 0) is 11.8 Å². The van der Waals surface area contributed by atoms with Gasteiger partial charge in [-0.25, -0.2) is 5.06 Å². The highest BCUT2D eigenvalue weighted by Gasteiger charge is 2.52. The fraction of sp³-hybridized carbons (Fsp3) is 0.579. The van der Waals surface area contributed by atoms with Crippen LogP contribution in [0.15, 0.2) is 29.8 Å². The Balaban J connectivity index is 1.58. The summed E-state index contributed by atoms with van der Waals surface area (Å²) in [5, 5.41) is 7.87. The molecule has 2 aliphatic carbocycles. The molecule has 0 radical (unpaired) electrons. The van der Waals surface area contributed by atoms with E-state index in [4.69, 9.17) is 4.84 Å². The highest BCUT2D eigenvalue weighted by atomic mass is 32.2. The Morgan fingerprint density at radius 3 is 3.17 bits per heavy atom. The van der Waals surface area contributed by atoms with Crippen molar-refractivity contribution in [2.45, 2.75) is 50.0 Å². The molecule has 4 aliphatic rings. The lowest BCUT2D eigenvalue weighted by atomic mass is 9.53. The summed E-state index contributed by atoms with van der Waals surface area (Å²) >= 11 is 1.78. The molecular formula is C19H24N2OS. The molecule has 2 aliphatic heterocycles. The third kappa shape index (κ3) is 2.14. The highest BCUT2D eigenvalue weighted by molar-refractivity contribution is 8.02. The van der Waals surface area contributed by atoms with Crippen molar-refractivity contribution in [2.24, 2.45) is 5.92 Å². The van der Waals surface area contributed by atoms with Crippen molar-refractivity contribution < 1.29 is 4.84 Å². The van der Waals surface area contributed by atoms with Gasteiger partial charge in [0.05, 0.1) is 0 Å². The van der Waals surface area contributed by atoms with Crippen LogP contribution in [0.2, 0.25) is 0 Å². The number of piperidine rings is 1. The Labute approximate surface area is 142 Å². The fourth-order valence-corrected chi connectivity index (χ4v) is 6.06. The van der Waals surface area contributed by atoms with E-state index in [0.29, 0.717) is 11.5 Å². The minimum atomic E-state index is 0.413. The van der Waals surface area contributed by atoms with Gasteiger partial charge in [0.15, 0.2) is 5.75 Å². The van der Waals surface area contributed by atoms with E-state index in [1.807, 2.05) is 11.3 Å². The number of hydroxylamine groups is 2. The predicted octanol–water partition coefficient (Wildman–Crippen LogP) is 3.80. The number of hydrogen-bond acceptors (Lipinski definition) is 4. The molecule has 122 valence electrons. The Kier molecular flexibility index (Phi) is 3.37. The molecule has 5 rings (SSSR count). The van der Waals surface area contributed by atoms with E-state index in [-0.39, 0.29) is 0 Å². The second-order valence-electron chi connectivity index (χ2n) is 7.39. The highest BCUT2D eigenvalue weighted by Crippen LogP contribution is 2.55. The van der Waals surface area contributed by atoms with Crippen LogP contribution in [-0.4, -0.2) is 23.5 Å². The average molecular weight is 328 g/mol. The summed E-state index contributed by atoms with van der Waals surface area (Å²) in [6, 6.07) is 7.41. The van der Waals surface area contributed by atoms with E-state index in [1.54, 1.807) is 17.3 Å². The Bertz CT molecular complexity index is 642. The van der Waals surface area contributed by atoms with E-state index in [1.165, 1.54) is 44.2 Å². The minimum absolute atomic E-state index is 0.413. The van der Waals surface area contributed by atoms with Crippen LogP contribution in [0.3, 0.4) is 0 Å². The van der Waals surface area contributed by atoms with Crippen LogP contribution in [0.25, 0.3) is 0 Å². The van der Waals surface area contributed by atoms with Crippen molar-refractivity contribution >= 4 is 11.8 Å². The Morgan fingerprint density at radius 2 is 2.26 bits per heavy atom. The largest absolute Gasteiger partial charge is 0.379 e. The number of hydrogen-bond donors (Lipinski definition) is 1. The van der Waals surface area contributed by atoms with E-state index >= 15 is 0 Å². The van der Waals surface area contributed by atoms with Crippen LogP contribution >= 0.6 is 11.8 Å². The summed E-state index contributed by atoms with van der Waals surface area (Å²) in [6.07, 6.45) is 10.0. The molecule has 3 nitrogen and oxygen atoms in total. The number of fused-ring (bicyclic) bond motifs is 1. The zero-order valence-corrected chi connectivity index (χ0v) is 14.3. The number of benzene rings is 1. The maximum absolute atomic E-state index is 6.21. The molecule has 0 aromatic heterocycles. The van der Waals surface area contributed by atoms with Gasteiger partial charge < -0.3 is 10.2 Å². The maximum Gasteiger partial charge on any atom is 0.158 e.